The first kappa shape index (κ1) is 19.4. The van der Waals surface area contributed by atoms with Crippen molar-refractivity contribution in [2.24, 2.45) is 0 Å². The van der Waals surface area contributed by atoms with Crippen molar-refractivity contribution in [3.8, 4) is 0 Å². The molecule has 3 aromatic carbocycles. The molecule has 2 unspecified atom stereocenters. The Bertz CT molecular complexity index is 1140. The highest BCUT2D eigenvalue weighted by Gasteiger charge is 2.36. The lowest BCUT2D eigenvalue weighted by atomic mass is 9.78. The van der Waals surface area contributed by atoms with Crippen molar-refractivity contribution in [3.63, 3.8) is 0 Å². The zero-order chi connectivity index (χ0) is 21.0. The molecule has 5 rings (SSSR count). The number of carbonyl (C=O) groups is 1. The Morgan fingerprint density at radius 2 is 1.58 bits per heavy atom. The summed E-state index contributed by atoms with van der Waals surface area (Å²) in [5.74, 6) is 0.465. The molecule has 0 spiro atoms. The topological polar surface area (TPSA) is 33.5 Å². The van der Waals surface area contributed by atoms with E-state index in [0.29, 0.717) is 12.2 Å². The zero-order valence-corrected chi connectivity index (χ0v) is 17.4. The molecule has 1 aliphatic rings. The smallest absolute Gasteiger partial charge is 0.198 e. The lowest BCUT2D eigenvalue weighted by Gasteiger charge is -2.43. The third-order valence-corrected chi connectivity index (χ3v) is 6.23. The van der Waals surface area contributed by atoms with Gasteiger partial charge in [0.1, 0.15) is 0 Å². The monoisotopic (exact) mass is 407 g/mol. The van der Waals surface area contributed by atoms with E-state index in [4.69, 9.17) is 4.42 Å². The molecule has 4 aromatic rings. The van der Waals surface area contributed by atoms with Crippen LogP contribution in [0, 0.1) is 0 Å². The number of furan rings is 1. The van der Waals surface area contributed by atoms with Gasteiger partial charge in [-0.15, -0.1) is 0 Å². The maximum atomic E-state index is 13.2. The fourth-order valence-electron chi connectivity index (χ4n) is 4.79. The normalized spacial score (nSPS) is 16.5. The number of hydrogen-bond acceptors (Lipinski definition) is 3. The van der Waals surface area contributed by atoms with Gasteiger partial charge >= 0.3 is 0 Å². The van der Waals surface area contributed by atoms with E-state index < -0.39 is 0 Å². The fraction of sp³-hybridized carbons (Fsp3) is 0.179. The van der Waals surface area contributed by atoms with Gasteiger partial charge in [-0.2, -0.15) is 0 Å². The largest absolute Gasteiger partial charge is 0.461 e. The van der Waals surface area contributed by atoms with Gasteiger partial charge in [0, 0.05) is 24.6 Å². The van der Waals surface area contributed by atoms with Crippen molar-refractivity contribution in [1.82, 2.24) is 0 Å². The summed E-state index contributed by atoms with van der Waals surface area (Å²) in [6, 6.07) is 33.2. The molecule has 154 valence electrons. The van der Waals surface area contributed by atoms with Crippen LogP contribution in [0.25, 0.3) is 0 Å². The summed E-state index contributed by atoms with van der Waals surface area (Å²) in [6.07, 6.45) is 2.95. The van der Waals surface area contributed by atoms with Crippen LogP contribution in [0.15, 0.2) is 108 Å². The maximum absolute atomic E-state index is 13.2. The van der Waals surface area contributed by atoms with Crippen LogP contribution < -0.4 is 4.90 Å². The van der Waals surface area contributed by atoms with Crippen molar-refractivity contribution in [2.75, 3.05) is 11.4 Å². The van der Waals surface area contributed by atoms with Gasteiger partial charge < -0.3 is 9.32 Å². The fourth-order valence-corrected chi connectivity index (χ4v) is 4.79. The number of benzene rings is 3. The van der Waals surface area contributed by atoms with Crippen LogP contribution in [0.5, 0.6) is 0 Å². The second-order valence-electron chi connectivity index (χ2n) is 8.04. The second kappa shape index (κ2) is 8.65. The minimum absolute atomic E-state index is 0.000422. The van der Waals surface area contributed by atoms with Crippen molar-refractivity contribution in [2.45, 2.75) is 24.8 Å². The van der Waals surface area contributed by atoms with E-state index in [2.05, 4.69) is 77.7 Å². The highest BCUT2D eigenvalue weighted by molar-refractivity contribution is 5.94. The zero-order valence-electron chi connectivity index (χ0n) is 17.4. The number of anilines is 1. The predicted molar refractivity (Wildman–Crippen MR) is 124 cm³/mol. The molecule has 1 aliphatic heterocycles. The van der Waals surface area contributed by atoms with Gasteiger partial charge in [-0.05, 0) is 47.4 Å². The van der Waals surface area contributed by atoms with E-state index in [1.807, 2.05) is 12.1 Å². The molecule has 0 aliphatic carbocycles. The highest BCUT2D eigenvalue weighted by Crippen LogP contribution is 2.44. The van der Waals surface area contributed by atoms with Crippen molar-refractivity contribution in [1.29, 1.82) is 0 Å². The van der Waals surface area contributed by atoms with E-state index in [-0.39, 0.29) is 17.7 Å². The molecule has 0 bridgehead atoms. The van der Waals surface area contributed by atoms with Gasteiger partial charge in [0.25, 0.3) is 0 Å². The van der Waals surface area contributed by atoms with E-state index >= 15 is 0 Å². The van der Waals surface area contributed by atoms with Crippen LogP contribution in [-0.4, -0.2) is 12.3 Å². The van der Waals surface area contributed by atoms with Gasteiger partial charge in [0.15, 0.2) is 11.5 Å². The molecule has 2 atom stereocenters. The summed E-state index contributed by atoms with van der Waals surface area (Å²) in [5, 5.41) is 0. The van der Waals surface area contributed by atoms with E-state index in [0.717, 1.165) is 13.0 Å². The average Bonchev–Trinajstić information content (AvgIpc) is 3.38. The number of para-hydroxylation sites is 1. The van der Waals surface area contributed by atoms with Crippen LogP contribution in [0.4, 0.5) is 5.69 Å². The summed E-state index contributed by atoms with van der Waals surface area (Å²) < 4.78 is 5.44. The molecule has 0 saturated carbocycles. The molecule has 0 fully saturated rings. The van der Waals surface area contributed by atoms with Crippen LogP contribution in [-0.2, 0) is 6.42 Å². The Kier molecular flexibility index (Phi) is 5.40. The highest BCUT2D eigenvalue weighted by atomic mass is 16.3. The van der Waals surface area contributed by atoms with Crippen LogP contribution in [0.1, 0.15) is 45.6 Å². The predicted octanol–water partition coefficient (Wildman–Crippen LogP) is 6.44. The number of hydrogen-bond donors (Lipinski definition) is 0. The van der Waals surface area contributed by atoms with Gasteiger partial charge in [-0.1, -0.05) is 72.8 Å². The lowest BCUT2D eigenvalue weighted by Crippen LogP contribution is -2.39. The van der Waals surface area contributed by atoms with Gasteiger partial charge in [-0.3, -0.25) is 4.79 Å². The number of nitrogens with zero attached hydrogens (tertiary/aromatic N) is 1. The van der Waals surface area contributed by atoms with Crippen LogP contribution >= 0.6 is 0 Å². The van der Waals surface area contributed by atoms with Crippen molar-refractivity contribution < 1.29 is 9.21 Å². The molecule has 1 aromatic heterocycles. The third-order valence-electron chi connectivity index (χ3n) is 6.23. The minimum Gasteiger partial charge on any atom is -0.461 e. The Labute approximate surface area is 183 Å². The third kappa shape index (κ3) is 3.91. The van der Waals surface area contributed by atoms with E-state index in [1.165, 1.54) is 22.4 Å². The summed E-state index contributed by atoms with van der Waals surface area (Å²) in [4.78, 5) is 15.6. The number of ketones is 1. The van der Waals surface area contributed by atoms with Crippen LogP contribution in [0.3, 0.4) is 0 Å². The molecule has 3 heteroatoms. The molecule has 31 heavy (non-hydrogen) atoms. The standard InChI is InChI=1S/C28H25NO2/c30-26(27-16-9-19-31-27)20-25(21-10-3-1-4-11-21)28-24-15-8-7-12-22(24)17-18-29(28)23-13-5-2-6-14-23/h1-16,19,25,28H,17-18,20H2. The van der Waals surface area contributed by atoms with Crippen molar-refractivity contribution in [3.05, 3.63) is 126 Å². The van der Waals surface area contributed by atoms with Gasteiger partial charge in [0.05, 0.1) is 12.3 Å². The molecule has 2 heterocycles. The molecule has 3 nitrogen and oxygen atoms in total. The Morgan fingerprint density at radius 3 is 2.32 bits per heavy atom. The molecular formula is C28H25NO2. The summed E-state index contributed by atoms with van der Waals surface area (Å²) >= 11 is 0. The number of fused-ring (bicyclic) bond motifs is 1. The maximum Gasteiger partial charge on any atom is 0.198 e. The first-order valence-electron chi connectivity index (χ1n) is 10.8. The summed E-state index contributed by atoms with van der Waals surface area (Å²) in [6.45, 7) is 0.921. The number of carbonyl (C=O) groups excluding carboxylic acids is 1. The lowest BCUT2D eigenvalue weighted by molar-refractivity contribution is 0.0941. The molecule has 0 radical (unpaired) electrons. The van der Waals surface area contributed by atoms with Crippen LogP contribution in [0.2, 0.25) is 0 Å². The average molecular weight is 408 g/mol. The molecule has 0 N–H and O–H groups in total. The van der Waals surface area contributed by atoms with Crippen molar-refractivity contribution >= 4 is 11.5 Å². The Morgan fingerprint density at radius 1 is 0.871 bits per heavy atom. The quantitative estimate of drug-likeness (QED) is 0.345. The number of Topliss-reactive ketones (excluding diaryl/α,β-unsaturated/α-hetero) is 1. The summed E-state index contributed by atoms with van der Waals surface area (Å²) in [5.41, 5.74) is 5.03. The van der Waals surface area contributed by atoms with Gasteiger partial charge in [0.2, 0.25) is 0 Å². The first-order valence-corrected chi connectivity index (χ1v) is 10.8. The second-order valence-corrected chi connectivity index (χ2v) is 8.04. The molecule has 0 amide bonds. The number of rotatable bonds is 6. The Hall–Kier alpha value is -3.59. The van der Waals surface area contributed by atoms with Gasteiger partial charge in [-0.25, -0.2) is 0 Å². The SMILES string of the molecule is O=C(CC(c1ccccc1)C1c2ccccc2CCN1c1ccccc1)c1ccco1. The molecular weight excluding hydrogens is 382 g/mol. The minimum atomic E-state index is 0.000422. The summed E-state index contributed by atoms with van der Waals surface area (Å²) in [7, 11) is 0. The Balaban J connectivity index is 1.62. The molecule has 0 saturated heterocycles. The van der Waals surface area contributed by atoms with E-state index in [1.54, 1.807) is 18.4 Å². The first-order chi connectivity index (χ1) is 15.3. The van der Waals surface area contributed by atoms with E-state index in [9.17, 15) is 4.79 Å².